The molecule has 2 saturated carbocycles. The van der Waals surface area contributed by atoms with E-state index >= 15 is 0 Å². The first-order chi connectivity index (χ1) is 12.3. The molecular weight excluding hydrogens is 334 g/mol. The molecule has 4 atom stereocenters. The van der Waals surface area contributed by atoms with E-state index in [1.165, 1.54) is 0 Å². The van der Waals surface area contributed by atoms with Gasteiger partial charge in [-0.2, -0.15) is 5.10 Å². The fraction of sp³-hybridized carbons (Fsp3) is 0.684. The van der Waals surface area contributed by atoms with E-state index in [1.54, 1.807) is 11.6 Å². The number of ether oxygens (including phenoxy) is 1. The molecule has 2 aliphatic rings. The maximum atomic E-state index is 12.5. The van der Waals surface area contributed by atoms with Gasteiger partial charge in [0.2, 0.25) is 0 Å². The Morgan fingerprint density at radius 2 is 1.85 bits per heavy atom. The lowest BCUT2D eigenvalue weighted by Crippen LogP contribution is -2.41. The summed E-state index contributed by atoms with van der Waals surface area (Å²) in [6, 6.07) is 0. The number of carbonyl (C=O) groups is 3. The lowest BCUT2D eigenvalue weighted by atomic mass is 9.67. The second-order valence-electron chi connectivity index (χ2n) is 7.63. The van der Waals surface area contributed by atoms with Crippen molar-refractivity contribution in [2.75, 3.05) is 5.32 Å². The first-order valence-electron chi connectivity index (χ1n) is 9.33. The van der Waals surface area contributed by atoms with Crippen molar-refractivity contribution in [3.63, 3.8) is 0 Å². The van der Waals surface area contributed by atoms with Gasteiger partial charge < -0.3 is 10.1 Å². The molecule has 7 nitrogen and oxygen atoms in total. The summed E-state index contributed by atoms with van der Waals surface area (Å²) < 4.78 is 7.12. The summed E-state index contributed by atoms with van der Waals surface area (Å²) >= 11 is 0. The first kappa shape index (κ1) is 18.6. The topological polar surface area (TPSA) is 90.3 Å². The van der Waals surface area contributed by atoms with Gasteiger partial charge in [-0.25, -0.2) is 0 Å². The minimum Gasteiger partial charge on any atom is -0.452 e. The van der Waals surface area contributed by atoms with Crippen LogP contribution in [0, 0.1) is 31.6 Å². The molecule has 0 radical (unpaired) electrons. The number of carbonyl (C=O) groups excluding carboxylic acids is 3. The predicted molar refractivity (Wildman–Crippen MR) is 95.4 cm³/mol. The molecule has 7 heteroatoms. The standard InChI is InChI=1S/C19H27N3O4/c1-10-16(11(2)22(4)21-10)20-18(24)12(3)26-19(25)15-8-13-6-5-7-14(9-15)17(13)23/h12-15H,5-9H2,1-4H3,(H,20,24)/t12-,13-,14+,15?/m1/s1. The number of nitrogens with zero attached hydrogens (tertiary/aromatic N) is 2. The van der Waals surface area contributed by atoms with Gasteiger partial charge in [-0.3, -0.25) is 19.1 Å². The second kappa shape index (κ2) is 7.21. The fourth-order valence-corrected chi connectivity index (χ4v) is 4.18. The van der Waals surface area contributed by atoms with Gasteiger partial charge in [0.15, 0.2) is 6.10 Å². The van der Waals surface area contributed by atoms with Crippen LogP contribution >= 0.6 is 0 Å². The Morgan fingerprint density at radius 3 is 2.38 bits per heavy atom. The van der Waals surface area contributed by atoms with Crippen molar-refractivity contribution in [2.24, 2.45) is 24.8 Å². The zero-order valence-corrected chi connectivity index (χ0v) is 15.9. The van der Waals surface area contributed by atoms with Gasteiger partial charge in [0, 0.05) is 18.9 Å². The fourth-order valence-electron chi connectivity index (χ4n) is 4.18. The monoisotopic (exact) mass is 361 g/mol. The smallest absolute Gasteiger partial charge is 0.309 e. The van der Waals surface area contributed by atoms with Crippen LogP contribution < -0.4 is 5.32 Å². The number of fused-ring (bicyclic) bond motifs is 2. The van der Waals surface area contributed by atoms with Crippen LogP contribution in [0.15, 0.2) is 0 Å². The van der Waals surface area contributed by atoms with E-state index < -0.39 is 6.10 Å². The van der Waals surface area contributed by atoms with Crippen molar-refractivity contribution in [2.45, 2.75) is 59.0 Å². The average molecular weight is 361 g/mol. The highest BCUT2D eigenvalue weighted by Crippen LogP contribution is 2.40. The third-order valence-corrected chi connectivity index (χ3v) is 5.80. The molecule has 1 heterocycles. The van der Waals surface area contributed by atoms with E-state index in [1.807, 2.05) is 20.9 Å². The number of esters is 1. The number of aryl methyl sites for hydroxylation is 2. The summed E-state index contributed by atoms with van der Waals surface area (Å²) in [6.07, 6.45) is 3.03. The Morgan fingerprint density at radius 1 is 1.23 bits per heavy atom. The van der Waals surface area contributed by atoms with Gasteiger partial charge in [-0.15, -0.1) is 0 Å². The molecule has 1 unspecified atom stereocenters. The lowest BCUT2D eigenvalue weighted by molar-refractivity contribution is -0.161. The second-order valence-corrected chi connectivity index (χ2v) is 7.63. The summed E-state index contributed by atoms with van der Waals surface area (Å²) in [4.78, 5) is 37.1. The third kappa shape index (κ3) is 3.52. The van der Waals surface area contributed by atoms with Crippen molar-refractivity contribution in [1.82, 2.24) is 9.78 Å². The molecule has 0 saturated heterocycles. The molecule has 2 fully saturated rings. The zero-order chi connectivity index (χ0) is 19.0. The average Bonchev–Trinajstić information content (AvgIpc) is 2.80. The Hall–Kier alpha value is -2.18. The Bertz CT molecular complexity index is 723. The van der Waals surface area contributed by atoms with Crippen molar-refractivity contribution in [3.8, 4) is 0 Å². The summed E-state index contributed by atoms with van der Waals surface area (Å²) in [7, 11) is 1.81. The van der Waals surface area contributed by atoms with E-state index in [0.717, 1.165) is 30.7 Å². The summed E-state index contributed by atoms with van der Waals surface area (Å²) in [5.41, 5.74) is 2.21. The van der Waals surface area contributed by atoms with Crippen molar-refractivity contribution >= 4 is 23.3 Å². The molecule has 1 aromatic heterocycles. The number of aromatic nitrogens is 2. The molecule has 2 bridgehead atoms. The van der Waals surface area contributed by atoms with Crippen LogP contribution in [0.4, 0.5) is 5.69 Å². The Kier molecular flexibility index (Phi) is 5.16. The number of hydrogen-bond acceptors (Lipinski definition) is 5. The highest BCUT2D eigenvalue weighted by molar-refractivity contribution is 5.96. The molecule has 1 amide bonds. The van der Waals surface area contributed by atoms with Crippen molar-refractivity contribution in [1.29, 1.82) is 0 Å². The SMILES string of the molecule is Cc1nn(C)c(C)c1NC(=O)[C@@H](C)OC(=O)C1C[C@H]2CCC[C@@H](C1)C2=O. The van der Waals surface area contributed by atoms with Crippen LogP contribution in [-0.2, 0) is 26.2 Å². The molecule has 0 aromatic carbocycles. The van der Waals surface area contributed by atoms with E-state index in [2.05, 4.69) is 10.4 Å². The van der Waals surface area contributed by atoms with Crippen molar-refractivity contribution < 1.29 is 19.1 Å². The summed E-state index contributed by atoms with van der Waals surface area (Å²) in [5.74, 6) is -0.718. The van der Waals surface area contributed by atoms with Crippen LogP contribution in [0.2, 0.25) is 0 Å². The quantitative estimate of drug-likeness (QED) is 0.831. The van der Waals surface area contributed by atoms with Crippen LogP contribution in [0.1, 0.15) is 50.4 Å². The van der Waals surface area contributed by atoms with E-state index in [0.29, 0.717) is 24.3 Å². The number of anilines is 1. The summed E-state index contributed by atoms with van der Waals surface area (Å²) in [5, 5.41) is 7.06. The highest BCUT2D eigenvalue weighted by atomic mass is 16.5. The number of amides is 1. The largest absolute Gasteiger partial charge is 0.452 e. The predicted octanol–water partition coefficient (Wildman–Crippen LogP) is 2.30. The molecule has 1 aromatic rings. The minimum absolute atomic E-state index is 0.00938. The van der Waals surface area contributed by atoms with E-state index in [4.69, 9.17) is 4.74 Å². The molecular formula is C19H27N3O4. The highest BCUT2D eigenvalue weighted by Gasteiger charge is 2.42. The molecule has 0 spiro atoms. The first-order valence-corrected chi connectivity index (χ1v) is 9.33. The van der Waals surface area contributed by atoms with Crippen LogP contribution in [0.25, 0.3) is 0 Å². The molecule has 142 valence electrons. The van der Waals surface area contributed by atoms with E-state index in [-0.39, 0.29) is 29.6 Å². The van der Waals surface area contributed by atoms with Crippen LogP contribution in [-0.4, -0.2) is 33.5 Å². The minimum atomic E-state index is -0.890. The molecule has 2 aliphatic carbocycles. The van der Waals surface area contributed by atoms with Gasteiger partial charge in [-0.05, 0) is 46.5 Å². The maximum absolute atomic E-state index is 12.5. The lowest BCUT2D eigenvalue weighted by Gasteiger charge is -2.36. The molecule has 26 heavy (non-hydrogen) atoms. The van der Waals surface area contributed by atoms with Gasteiger partial charge in [-0.1, -0.05) is 6.42 Å². The third-order valence-electron chi connectivity index (χ3n) is 5.80. The van der Waals surface area contributed by atoms with Crippen molar-refractivity contribution in [3.05, 3.63) is 11.4 Å². The van der Waals surface area contributed by atoms with Gasteiger partial charge >= 0.3 is 5.97 Å². The Labute approximate surface area is 153 Å². The van der Waals surface area contributed by atoms with Gasteiger partial charge in [0.25, 0.3) is 5.91 Å². The summed E-state index contributed by atoms with van der Waals surface area (Å²) in [6.45, 7) is 5.25. The number of rotatable bonds is 4. The molecule has 0 aliphatic heterocycles. The number of nitrogens with one attached hydrogen (secondary N) is 1. The molecule has 1 N–H and O–H groups in total. The van der Waals surface area contributed by atoms with Gasteiger partial charge in [0.1, 0.15) is 5.78 Å². The maximum Gasteiger partial charge on any atom is 0.309 e. The Balaban J connectivity index is 1.58. The van der Waals surface area contributed by atoms with Crippen LogP contribution in [0.3, 0.4) is 0 Å². The normalized spacial score (nSPS) is 26.3. The number of hydrogen-bond donors (Lipinski definition) is 1. The zero-order valence-electron chi connectivity index (χ0n) is 15.9. The molecule has 3 rings (SSSR count). The number of ketones is 1. The number of Topliss-reactive ketones (excluding diaryl/α,β-unsaturated/α-hetero) is 1. The van der Waals surface area contributed by atoms with Crippen LogP contribution in [0.5, 0.6) is 0 Å². The van der Waals surface area contributed by atoms with E-state index in [9.17, 15) is 14.4 Å². The van der Waals surface area contributed by atoms with Gasteiger partial charge in [0.05, 0.1) is 23.0 Å².